The van der Waals surface area contributed by atoms with Gasteiger partial charge in [-0.1, -0.05) is 103 Å². The Morgan fingerprint density at radius 1 is 0.667 bits per heavy atom. The van der Waals surface area contributed by atoms with E-state index >= 15 is 0 Å². The molecule has 0 spiro atoms. The molecule has 0 radical (unpaired) electrons. The van der Waals surface area contributed by atoms with Gasteiger partial charge in [0.15, 0.2) is 0 Å². The van der Waals surface area contributed by atoms with Crippen LogP contribution in [0.3, 0.4) is 0 Å². The van der Waals surface area contributed by atoms with Gasteiger partial charge in [0.2, 0.25) is 0 Å². The van der Waals surface area contributed by atoms with Crippen LogP contribution in [-0.4, -0.2) is 0 Å². The first-order valence-electron chi connectivity index (χ1n) is 6.93. The predicted octanol–water partition coefficient (Wildman–Crippen LogP) is 7.11. The Labute approximate surface area is 117 Å². The molecule has 0 N–H and O–H groups in total. The van der Waals surface area contributed by atoms with E-state index in [-0.39, 0.29) is 0 Å². The summed E-state index contributed by atoms with van der Waals surface area (Å²) in [4.78, 5) is 0. The highest BCUT2D eigenvalue weighted by Crippen LogP contribution is 1.81. The van der Waals surface area contributed by atoms with Crippen molar-refractivity contribution >= 4 is 0 Å². The average molecular weight is 252 g/mol. The van der Waals surface area contributed by atoms with Crippen molar-refractivity contribution < 1.29 is 0 Å². The third-order valence-electron chi connectivity index (χ3n) is 1.70. The van der Waals surface area contributed by atoms with Gasteiger partial charge in [0, 0.05) is 0 Å². The quantitative estimate of drug-likeness (QED) is 0.468. The minimum Gasteiger partial charge on any atom is -0.0988 e. The molecule has 18 heavy (non-hydrogen) atoms. The standard InChI is InChI=1S/2C5H8.2C4H10/c2*1-4-5(2)3;2*1-3-4-2/h2*4H,1-2H2,3H3;2*3-4H2,1-2H3. The second-order valence-corrected chi connectivity index (χ2v) is 4.10. The molecule has 0 fully saturated rings. The van der Waals surface area contributed by atoms with E-state index in [2.05, 4.69) is 54.0 Å². The minimum atomic E-state index is 1.02. The summed E-state index contributed by atoms with van der Waals surface area (Å²) in [6.07, 6.45) is 8.72. The fourth-order valence-corrected chi connectivity index (χ4v) is 0. The average Bonchev–Trinajstić information content (AvgIpc) is 2.39. The lowest BCUT2D eigenvalue weighted by atomic mass is 10.4. The van der Waals surface area contributed by atoms with Crippen LogP contribution < -0.4 is 0 Å². The van der Waals surface area contributed by atoms with E-state index in [1.54, 1.807) is 12.2 Å². The molecular weight excluding hydrogens is 216 g/mol. The Kier molecular flexibility index (Phi) is 42.5. The van der Waals surface area contributed by atoms with Crippen molar-refractivity contribution in [2.75, 3.05) is 0 Å². The van der Waals surface area contributed by atoms with E-state index in [1.807, 2.05) is 13.8 Å². The zero-order valence-electron chi connectivity index (χ0n) is 13.8. The second kappa shape index (κ2) is 29.7. The molecule has 0 amide bonds. The van der Waals surface area contributed by atoms with Crippen molar-refractivity contribution in [1.29, 1.82) is 0 Å². The molecular formula is C18H36. The zero-order valence-corrected chi connectivity index (χ0v) is 13.8. The normalized spacial score (nSPS) is 7.00. The Bertz CT molecular complexity index is 158. The molecule has 0 rings (SSSR count). The molecule has 0 aromatic carbocycles. The summed E-state index contributed by atoms with van der Waals surface area (Å²) in [6, 6.07) is 0. The van der Waals surface area contributed by atoms with E-state index in [4.69, 9.17) is 0 Å². The van der Waals surface area contributed by atoms with Gasteiger partial charge in [-0.2, -0.15) is 0 Å². The van der Waals surface area contributed by atoms with Gasteiger partial charge in [0.1, 0.15) is 0 Å². The van der Waals surface area contributed by atoms with Gasteiger partial charge >= 0.3 is 0 Å². The lowest BCUT2D eigenvalue weighted by Crippen LogP contribution is -1.50. The van der Waals surface area contributed by atoms with Crippen LogP contribution in [0.15, 0.2) is 49.6 Å². The van der Waals surface area contributed by atoms with Crippen LogP contribution in [0, 0.1) is 0 Å². The van der Waals surface area contributed by atoms with Crippen molar-refractivity contribution in [3.63, 3.8) is 0 Å². The van der Waals surface area contributed by atoms with Gasteiger partial charge in [-0.25, -0.2) is 0 Å². The van der Waals surface area contributed by atoms with E-state index in [0.29, 0.717) is 0 Å². The van der Waals surface area contributed by atoms with E-state index in [9.17, 15) is 0 Å². The SMILES string of the molecule is C=CC(=C)C.C=CC(=C)C.CCCC.CCCC. The van der Waals surface area contributed by atoms with Gasteiger partial charge in [0.05, 0.1) is 0 Å². The van der Waals surface area contributed by atoms with E-state index in [1.165, 1.54) is 25.7 Å². The second-order valence-electron chi connectivity index (χ2n) is 4.10. The Morgan fingerprint density at radius 2 is 0.778 bits per heavy atom. The van der Waals surface area contributed by atoms with Crippen LogP contribution in [-0.2, 0) is 0 Å². The van der Waals surface area contributed by atoms with Crippen LogP contribution in [0.5, 0.6) is 0 Å². The van der Waals surface area contributed by atoms with Crippen LogP contribution in [0.2, 0.25) is 0 Å². The largest absolute Gasteiger partial charge is 0.0988 e. The highest BCUT2D eigenvalue weighted by molar-refractivity contribution is 5.06. The molecule has 0 saturated carbocycles. The maximum atomic E-state index is 3.56. The fraction of sp³-hybridized carbons (Fsp3) is 0.556. The molecule has 0 bridgehead atoms. The summed E-state index contributed by atoms with van der Waals surface area (Å²) in [5.74, 6) is 0. The molecule has 0 atom stereocenters. The van der Waals surface area contributed by atoms with Gasteiger partial charge in [0.25, 0.3) is 0 Å². The molecule has 0 saturated heterocycles. The lowest BCUT2D eigenvalue weighted by Gasteiger charge is -1.71. The number of hydrogen-bond acceptors (Lipinski definition) is 0. The maximum absolute atomic E-state index is 3.56. The summed E-state index contributed by atoms with van der Waals surface area (Å²) in [7, 11) is 0. The molecule has 0 unspecified atom stereocenters. The third kappa shape index (κ3) is 119. The molecule has 0 aromatic rings. The van der Waals surface area contributed by atoms with Crippen molar-refractivity contribution in [2.45, 2.75) is 67.2 Å². The molecule has 0 aliphatic heterocycles. The summed E-state index contributed by atoms with van der Waals surface area (Å²) in [5, 5.41) is 0. The smallest absolute Gasteiger partial charge is 0.0404 e. The molecule has 108 valence electrons. The summed E-state index contributed by atoms with van der Waals surface area (Å²) in [5.41, 5.74) is 2.04. The Hall–Kier alpha value is -1.04. The monoisotopic (exact) mass is 252 g/mol. The van der Waals surface area contributed by atoms with Crippen LogP contribution in [0.4, 0.5) is 0 Å². The highest BCUT2D eigenvalue weighted by atomic mass is 13.7. The number of hydrogen-bond donors (Lipinski definition) is 0. The summed E-state index contributed by atoms with van der Waals surface area (Å²) < 4.78 is 0. The molecule has 0 heteroatoms. The first-order valence-corrected chi connectivity index (χ1v) is 6.93. The van der Waals surface area contributed by atoms with E-state index in [0.717, 1.165) is 11.1 Å². The van der Waals surface area contributed by atoms with Gasteiger partial charge in [-0.05, 0) is 13.8 Å². The minimum absolute atomic E-state index is 1.02. The predicted molar refractivity (Wildman–Crippen MR) is 91.2 cm³/mol. The zero-order chi connectivity index (χ0) is 15.4. The van der Waals surface area contributed by atoms with Crippen molar-refractivity contribution in [1.82, 2.24) is 0 Å². The van der Waals surface area contributed by atoms with Crippen LogP contribution in [0.25, 0.3) is 0 Å². The first-order chi connectivity index (χ1) is 8.37. The third-order valence-corrected chi connectivity index (χ3v) is 1.70. The lowest BCUT2D eigenvalue weighted by molar-refractivity contribution is 0.886. The Morgan fingerprint density at radius 3 is 0.778 bits per heavy atom. The number of rotatable bonds is 4. The van der Waals surface area contributed by atoms with Crippen molar-refractivity contribution in [2.24, 2.45) is 0 Å². The van der Waals surface area contributed by atoms with Crippen LogP contribution >= 0.6 is 0 Å². The molecule has 0 aromatic heterocycles. The molecule has 0 aliphatic rings. The fourth-order valence-electron chi connectivity index (χ4n) is 0. The number of allylic oxidation sites excluding steroid dienone is 4. The van der Waals surface area contributed by atoms with Gasteiger partial charge < -0.3 is 0 Å². The topological polar surface area (TPSA) is 0 Å². The molecule has 0 heterocycles. The van der Waals surface area contributed by atoms with Crippen molar-refractivity contribution in [3.8, 4) is 0 Å². The van der Waals surface area contributed by atoms with Gasteiger partial charge in [-0.3, -0.25) is 0 Å². The van der Waals surface area contributed by atoms with Crippen molar-refractivity contribution in [3.05, 3.63) is 49.6 Å². The molecule has 0 nitrogen and oxygen atoms in total. The maximum Gasteiger partial charge on any atom is -0.0404 e. The highest BCUT2D eigenvalue weighted by Gasteiger charge is 1.60. The van der Waals surface area contributed by atoms with Crippen LogP contribution in [0.1, 0.15) is 67.2 Å². The van der Waals surface area contributed by atoms with Gasteiger partial charge in [-0.15, -0.1) is 0 Å². The molecule has 0 aliphatic carbocycles. The van der Waals surface area contributed by atoms with E-state index < -0.39 is 0 Å². The Balaban J connectivity index is -0.0000000731. The summed E-state index contributed by atoms with van der Waals surface area (Å²) in [6.45, 7) is 26.6. The number of unbranched alkanes of at least 4 members (excludes halogenated alkanes) is 2. The first kappa shape index (κ1) is 25.7. The summed E-state index contributed by atoms with van der Waals surface area (Å²) >= 11 is 0.